The van der Waals surface area contributed by atoms with E-state index in [1.807, 2.05) is 6.92 Å². The highest BCUT2D eigenvalue weighted by molar-refractivity contribution is 9.11. The van der Waals surface area contributed by atoms with Crippen molar-refractivity contribution in [2.45, 2.75) is 50.5 Å². The third-order valence-electron chi connectivity index (χ3n) is 3.47. The maximum Gasteiger partial charge on any atom is 0.241 e. The molecule has 6 heteroatoms. The summed E-state index contributed by atoms with van der Waals surface area (Å²) in [7, 11) is -3.36. The smallest absolute Gasteiger partial charge is 0.208 e. The maximum absolute atomic E-state index is 12.3. The van der Waals surface area contributed by atoms with Crippen LogP contribution in [0.15, 0.2) is 14.7 Å². The zero-order valence-electron chi connectivity index (χ0n) is 10.6. The molecule has 1 aliphatic rings. The minimum absolute atomic E-state index is 0.101. The van der Waals surface area contributed by atoms with Crippen LogP contribution in [0.25, 0.3) is 0 Å². The summed E-state index contributed by atoms with van der Waals surface area (Å²) in [5.41, 5.74) is 0. The zero-order chi connectivity index (χ0) is 13.3. The number of aryl methyl sites for hydroxylation is 1. The molecule has 0 aromatic carbocycles. The van der Waals surface area contributed by atoms with E-state index in [9.17, 15) is 8.42 Å². The Labute approximate surface area is 121 Å². The normalized spacial score (nSPS) is 25.3. The molecule has 102 valence electrons. The molecule has 1 heterocycles. The first-order valence-corrected chi connectivity index (χ1v) is 9.26. The van der Waals surface area contributed by atoms with E-state index in [1.54, 1.807) is 6.07 Å². The lowest BCUT2D eigenvalue weighted by Crippen LogP contribution is -2.37. The molecule has 0 aliphatic heterocycles. The van der Waals surface area contributed by atoms with Gasteiger partial charge in [-0.15, -0.1) is 11.3 Å². The fourth-order valence-corrected chi connectivity index (χ4v) is 6.08. The van der Waals surface area contributed by atoms with E-state index in [1.165, 1.54) is 11.3 Å². The van der Waals surface area contributed by atoms with Crippen LogP contribution in [0.3, 0.4) is 0 Å². The summed E-state index contributed by atoms with van der Waals surface area (Å²) in [6.07, 6.45) is 4.12. The van der Waals surface area contributed by atoms with E-state index in [0.29, 0.717) is 4.90 Å². The van der Waals surface area contributed by atoms with Gasteiger partial charge in [-0.05, 0) is 60.5 Å². The standard InChI is InChI=1S/C12H18BrNO2S2/c1-8-3-5-10(6-4-8)14-18(15,16)11-7-12(13)17-9(11)2/h7-8,10,14H,3-6H2,1-2H3. The van der Waals surface area contributed by atoms with E-state index in [4.69, 9.17) is 0 Å². The van der Waals surface area contributed by atoms with Crippen LogP contribution in [-0.4, -0.2) is 14.5 Å². The van der Waals surface area contributed by atoms with E-state index in [-0.39, 0.29) is 6.04 Å². The first kappa shape index (κ1) is 14.5. The van der Waals surface area contributed by atoms with Crippen molar-refractivity contribution >= 4 is 37.3 Å². The molecule has 1 N–H and O–H groups in total. The number of nitrogens with one attached hydrogen (secondary N) is 1. The van der Waals surface area contributed by atoms with Crippen molar-refractivity contribution in [3.63, 3.8) is 0 Å². The highest BCUT2D eigenvalue weighted by atomic mass is 79.9. The summed E-state index contributed by atoms with van der Waals surface area (Å²) in [6, 6.07) is 1.79. The van der Waals surface area contributed by atoms with E-state index >= 15 is 0 Å². The van der Waals surface area contributed by atoms with Crippen LogP contribution in [0.2, 0.25) is 0 Å². The number of halogens is 1. The van der Waals surface area contributed by atoms with Crippen molar-refractivity contribution in [3.05, 3.63) is 14.7 Å². The summed E-state index contributed by atoms with van der Waals surface area (Å²) < 4.78 is 28.3. The molecule has 0 unspecified atom stereocenters. The van der Waals surface area contributed by atoms with Crippen molar-refractivity contribution in [3.8, 4) is 0 Å². The summed E-state index contributed by atoms with van der Waals surface area (Å²) in [5, 5.41) is 0. The molecule has 0 radical (unpaired) electrons. The second-order valence-corrected chi connectivity index (χ2v) is 9.37. The highest BCUT2D eigenvalue weighted by Crippen LogP contribution is 2.31. The Morgan fingerprint density at radius 1 is 1.33 bits per heavy atom. The second-order valence-electron chi connectivity index (χ2n) is 5.05. The Hall–Kier alpha value is 0.0900. The van der Waals surface area contributed by atoms with E-state index in [2.05, 4.69) is 27.6 Å². The molecule has 1 aromatic heterocycles. The second kappa shape index (κ2) is 5.61. The summed E-state index contributed by atoms with van der Waals surface area (Å²) in [4.78, 5) is 1.25. The van der Waals surface area contributed by atoms with Gasteiger partial charge in [0.2, 0.25) is 10.0 Å². The van der Waals surface area contributed by atoms with E-state index in [0.717, 1.165) is 40.3 Å². The molecule has 1 aromatic rings. The molecule has 0 saturated heterocycles. The molecular weight excluding hydrogens is 334 g/mol. The number of hydrogen-bond acceptors (Lipinski definition) is 3. The van der Waals surface area contributed by atoms with Crippen molar-refractivity contribution < 1.29 is 8.42 Å². The molecule has 1 saturated carbocycles. The quantitative estimate of drug-likeness (QED) is 0.902. The van der Waals surface area contributed by atoms with Crippen molar-refractivity contribution in [1.29, 1.82) is 0 Å². The van der Waals surface area contributed by atoms with Crippen molar-refractivity contribution in [2.24, 2.45) is 5.92 Å². The van der Waals surface area contributed by atoms with Gasteiger partial charge in [-0.2, -0.15) is 0 Å². The fraction of sp³-hybridized carbons (Fsp3) is 0.667. The Morgan fingerprint density at radius 2 is 1.94 bits per heavy atom. The monoisotopic (exact) mass is 351 g/mol. The molecule has 3 nitrogen and oxygen atoms in total. The van der Waals surface area contributed by atoms with Gasteiger partial charge in [0.1, 0.15) is 0 Å². The Bertz CT molecular complexity index is 516. The average molecular weight is 352 g/mol. The largest absolute Gasteiger partial charge is 0.241 e. The molecular formula is C12H18BrNO2S2. The number of hydrogen-bond donors (Lipinski definition) is 1. The lowest BCUT2D eigenvalue weighted by Gasteiger charge is -2.26. The van der Waals surface area contributed by atoms with Crippen molar-refractivity contribution in [1.82, 2.24) is 4.72 Å². The van der Waals surface area contributed by atoms with Crippen LogP contribution >= 0.6 is 27.3 Å². The topological polar surface area (TPSA) is 46.2 Å². The molecule has 0 bridgehead atoms. The lowest BCUT2D eigenvalue weighted by molar-refractivity contribution is 0.332. The van der Waals surface area contributed by atoms with Crippen LogP contribution in [0.1, 0.15) is 37.5 Å². The van der Waals surface area contributed by atoms with Gasteiger partial charge in [0, 0.05) is 10.9 Å². The fourth-order valence-electron chi connectivity index (χ4n) is 2.36. The molecule has 18 heavy (non-hydrogen) atoms. The van der Waals surface area contributed by atoms with E-state index < -0.39 is 10.0 Å². The maximum atomic E-state index is 12.3. The minimum Gasteiger partial charge on any atom is -0.208 e. The van der Waals surface area contributed by atoms with Gasteiger partial charge in [0.15, 0.2) is 0 Å². The number of rotatable bonds is 3. The third-order valence-corrected chi connectivity index (χ3v) is 6.80. The molecule has 0 atom stereocenters. The average Bonchev–Trinajstić information content (AvgIpc) is 2.62. The minimum atomic E-state index is -3.36. The molecule has 1 fully saturated rings. The predicted octanol–water partition coefficient (Wildman–Crippen LogP) is 3.68. The number of sulfonamides is 1. The predicted molar refractivity (Wildman–Crippen MR) is 78.5 cm³/mol. The van der Waals surface area contributed by atoms with Crippen LogP contribution in [0.4, 0.5) is 0 Å². The Morgan fingerprint density at radius 3 is 2.44 bits per heavy atom. The first-order chi connectivity index (χ1) is 8.38. The Balaban J connectivity index is 2.10. The van der Waals surface area contributed by atoms with Crippen LogP contribution < -0.4 is 4.72 Å². The molecule has 1 aliphatic carbocycles. The Kier molecular flexibility index (Phi) is 4.52. The van der Waals surface area contributed by atoms with Crippen LogP contribution in [0.5, 0.6) is 0 Å². The van der Waals surface area contributed by atoms with Crippen LogP contribution in [-0.2, 0) is 10.0 Å². The van der Waals surface area contributed by atoms with Gasteiger partial charge in [0.05, 0.1) is 8.68 Å². The number of thiophene rings is 1. The van der Waals surface area contributed by atoms with Crippen molar-refractivity contribution in [2.75, 3.05) is 0 Å². The summed E-state index contributed by atoms with van der Waals surface area (Å²) in [5.74, 6) is 0.725. The van der Waals surface area contributed by atoms with Gasteiger partial charge < -0.3 is 0 Å². The molecule has 0 spiro atoms. The SMILES string of the molecule is Cc1sc(Br)cc1S(=O)(=O)NC1CCC(C)CC1. The zero-order valence-corrected chi connectivity index (χ0v) is 13.8. The lowest BCUT2D eigenvalue weighted by atomic mass is 9.88. The van der Waals surface area contributed by atoms with Gasteiger partial charge in [-0.1, -0.05) is 6.92 Å². The highest BCUT2D eigenvalue weighted by Gasteiger charge is 2.26. The molecule has 2 rings (SSSR count). The van der Waals surface area contributed by atoms with Gasteiger partial charge in [0.25, 0.3) is 0 Å². The first-order valence-electron chi connectivity index (χ1n) is 6.17. The summed E-state index contributed by atoms with van der Waals surface area (Å²) >= 11 is 4.79. The van der Waals surface area contributed by atoms with Gasteiger partial charge in [-0.25, -0.2) is 13.1 Å². The summed E-state index contributed by atoms with van der Waals surface area (Å²) in [6.45, 7) is 4.07. The molecule has 0 amide bonds. The van der Waals surface area contributed by atoms with Crippen LogP contribution in [0, 0.1) is 12.8 Å². The van der Waals surface area contributed by atoms with Gasteiger partial charge in [-0.3, -0.25) is 0 Å². The van der Waals surface area contributed by atoms with Gasteiger partial charge >= 0.3 is 0 Å². The third kappa shape index (κ3) is 3.35.